The van der Waals surface area contributed by atoms with Gasteiger partial charge in [0.15, 0.2) is 0 Å². The Balaban J connectivity index is 1.15. The first-order valence-corrected chi connectivity index (χ1v) is 11.7. The Morgan fingerprint density at radius 3 is 2.55 bits per heavy atom. The minimum Gasteiger partial charge on any atom is -0.494 e. The van der Waals surface area contributed by atoms with Gasteiger partial charge in [-0.2, -0.15) is 0 Å². The fraction of sp³-hybridized carbons (Fsp3) is 0.625. The monoisotopic (exact) mass is 427 g/mol. The number of carbonyl (C=O) groups excluding carboxylic acids is 3. The molecule has 2 saturated heterocycles. The zero-order chi connectivity index (χ0) is 21.6. The van der Waals surface area contributed by atoms with Crippen molar-refractivity contribution >= 4 is 23.4 Å². The van der Waals surface area contributed by atoms with Gasteiger partial charge in [-0.25, -0.2) is 0 Å². The molecular weight excluding hydrogens is 394 g/mol. The zero-order valence-corrected chi connectivity index (χ0v) is 18.2. The van der Waals surface area contributed by atoms with E-state index in [-0.39, 0.29) is 17.7 Å². The molecule has 1 aromatic rings. The van der Waals surface area contributed by atoms with Gasteiger partial charge in [0.25, 0.3) is 0 Å². The number of amides is 3. The number of nitrogens with one attached hydrogen (secondary N) is 1. The van der Waals surface area contributed by atoms with Crippen molar-refractivity contribution in [3.63, 3.8) is 0 Å². The molecule has 0 bridgehead atoms. The molecule has 3 aliphatic rings. The maximum absolute atomic E-state index is 12.7. The summed E-state index contributed by atoms with van der Waals surface area (Å²) in [6, 6.07) is 5.71. The van der Waals surface area contributed by atoms with E-state index < -0.39 is 0 Å². The van der Waals surface area contributed by atoms with Crippen molar-refractivity contribution in [1.29, 1.82) is 0 Å². The van der Waals surface area contributed by atoms with Crippen LogP contribution < -0.4 is 10.1 Å². The second-order valence-electron chi connectivity index (χ2n) is 8.86. The maximum atomic E-state index is 12.7. The average molecular weight is 428 g/mol. The summed E-state index contributed by atoms with van der Waals surface area (Å²) in [6.45, 7) is 3.65. The van der Waals surface area contributed by atoms with Crippen molar-refractivity contribution in [2.24, 2.45) is 5.92 Å². The molecule has 168 valence electrons. The van der Waals surface area contributed by atoms with Gasteiger partial charge in [0.2, 0.25) is 17.7 Å². The van der Waals surface area contributed by atoms with Crippen LogP contribution in [0.25, 0.3) is 0 Å². The molecule has 3 heterocycles. The fourth-order valence-electron chi connectivity index (χ4n) is 4.77. The third kappa shape index (κ3) is 5.57. The van der Waals surface area contributed by atoms with Gasteiger partial charge in [0.1, 0.15) is 5.75 Å². The van der Waals surface area contributed by atoms with Crippen LogP contribution in [0.1, 0.15) is 56.9 Å². The standard InChI is InChI=1S/C24H33N3O4/c28-22-9-6-19-17-20(7-8-21(19)25-22)31-16-4-5-23(29)26-14-10-18(11-15-26)24(30)27-12-2-1-3-13-27/h7-8,17-18H,1-6,9-16H2,(H,25,28). The van der Waals surface area contributed by atoms with Gasteiger partial charge in [0.05, 0.1) is 6.61 Å². The molecule has 2 fully saturated rings. The fourth-order valence-corrected chi connectivity index (χ4v) is 4.77. The molecule has 3 aliphatic heterocycles. The van der Waals surface area contributed by atoms with Crippen LogP contribution in [0.5, 0.6) is 5.75 Å². The molecule has 0 aromatic heterocycles. The first kappa shape index (κ1) is 21.7. The van der Waals surface area contributed by atoms with Gasteiger partial charge in [0, 0.05) is 50.6 Å². The highest BCUT2D eigenvalue weighted by Crippen LogP contribution is 2.27. The quantitative estimate of drug-likeness (QED) is 0.708. The van der Waals surface area contributed by atoms with Crippen LogP contribution in [0, 0.1) is 5.92 Å². The Morgan fingerprint density at radius 2 is 1.77 bits per heavy atom. The molecule has 0 saturated carbocycles. The summed E-state index contributed by atoms with van der Waals surface area (Å²) in [5.74, 6) is 1.36. The topological polar surface area (TPSA) is 79.0 Å². The van der Waals surface area contributed by atoms with E-state index in [1.54, 1.807) is 0 Å². The largest absolute Gasteiger partial charge is 0.494 e. The molecule has 0 spiro atoms. The number of anilines is 1. The van der Waals surface area contributed by atoms with Crippen molar-refractivity contribution in [2.75, 3.05) is 38.1 Å². The van der Waals surface area contributed by atoms with Crippen molar-refractivity contribution in [3.05, 3.63) is 23.8 Å². The molecule has 0 unspecified atom stereocenters. The number of aryl methyl sites for hydroxylation is 1. The van der Waals surface area contributed by atoms with E-state index in [4.69, 9.17) is 4.74 Å². The minimum absolute atomic E-state index is 0.0552. The predicted molar refractivity (Wildman–Crippen MR) is 118 cm³/mol. The number of benzene rings is 1. The molecule has 3 amide bonds. The Kier molecular flexibility index (Phi) is 7.10. The van der Waals surface area contributed by atoms with Crippen LogP contribution in [0.2, 0.25) is 0 Å². The Hall–Kier alpha value is -2.57. The molecular formula is C24H33N3O4. The highest BCUT2D eigenvalue weighted by atomic mass is 16.5. The second kappa shape index (κ2) is 10.2. The van der Waals surface area contributed by atoms with E-state index in [9.17, 15) is 14.4 Å². The van der Waals surface area contributed by atoms with Gasteiger partial charge in [-0.1, -0.05) is 0 Å². The summed E-state index contributed by atoms with van der Waals surface area (Å²) in [4.78, 5) is 40.6. The number of fused-ring (bicyclic) bond motifs is 1. The van der Waals surface area contributed by atoms with E-state index in [1.807, 2.05) is 28.0 Å². The van der Waals surface area contributed by atoms with E-state index in [2.05, 4.69) is 5.32 Å². The van der Waals surface area contributed by atoms with Crippen LogP contribution in [0.15, 0.2) is 18.2 Å². The zero-order valence-electron chi connectivity index (χ0n) is 18.2. The molecule has 1 N–H and O–H groups in total. The normalized spacial score (nSPS) is 19.5. The smallest absolute Gasteiger partial charge is 0.225 e. The maximum Gasteiger partial charge on any atom is 0.225 e. The van der Waals surface area contributed by atoms with Gasteiger partial charge in [-0.15, -0.1) is 0 Å². The molecule has 7 nitrogen and oxygen atoms in total. The van der Waals surface area contributed by atoms with Gasteiger partial charge >= 0.3 is 0 Å². The summed E-state index contributed by atoms with van der Waals surface area (Å²) >= 11 is 0. The Labute approximate surface area is 184 Å². The highest BCUT2D eigenvalue weighted by Gasteiger charge is 2.30. The third-order valence-electron chi connectivity index (χ3n) is 6.64. The number of rotatable bonds is 6. The van der Waals surface area contributed by atoms with Crippen molar-refractivity contribution in [3.8, 4) is 5.75 Å². The van der Waals surface area contributed by atoms with E-state index in [0.717, 1.165) is 62.2 Å². The molecule has 0 atom stereocenters. The lowest BCUT2D eigenvalue weighted by molar-refractivity contribution is -0.141. The van der Waals surface area contributed by atoms with Crippen LogP contribution in [0.4, 0.5) is 5.69 Å². The summed E-state index contributed by atoms with van der Waals surface area (Å²) in [7, 11) is 0. The molecule has 1 aromatic carbocycles. The number of ether oxygens (including phenoxy) is 1. The summed E-state index contributed by atoms with van der Waals surface area (Å²) in [6.07, 6.45) is 7.39. The van der Waals surface area contributed by atoms with E-state index in [1.165, 1.54) is 6.42 Å². The van der Waals surface area contributed by atoms with Gasteiger partial charge in [-0.3, -0.25) is 14.4 Å². The number of nitrogens with zero attached hydrogens (tertiary/aromatic N) is 2. The first-order valence-electron chi connectivity index (χ1n) is 11.7. The number of hydrogen-bond donors (Lipinski definition) is 1. The lowest BCUT2D eigenvalue weighted by atomic mass is 9.94. The van der Waals surface area contributed by atoms with Crippen molar-refractivity contribution in [2.45, 2.75) is 57.8 Å². The third-order valence-corrected chi connectivity index (χ3v) is 6.64. The number of likely N-dealkylation sites (tertiary alicyclic amines) is 2. The van der Waals surface area contributed by atoms with Crippen LogP contribution in [-0.4, -0.2) is 60.3 Å². The molecule has 0 radical (unpaired) electrons. The molecule has 7 heteroatoms. The van der Waals surface area contributed by atoms with Crippen LogP contribution >= 0.6 is 0 Å². The lowest BCUT2D eigenvalue weighted by Crippen LogP contribution is -2.45. The number of hydrogen-bond acceptors (Lipinski definition) is 4. The van der Waals surface area contributed by atoms with Gasteiger partial charge < -0.3 is 19.9 Å². The van der Waals surface area contributed by atoms with Crippen molar-refractivity contribution in [1.82, 2.24) is 9.80 Å². The Bertz CT molecular complexity index is 811. The predicted octanol–water partition coefficient (Wildman–Crippen LogP) is 2.98. The summed E-state index contributed by atoms with van der Waals surface area (Å²) < 4.78 is 5.82. The summed E-state index contributed by atoms with van der Waals surface area (Å²) in [5.41, 5.74) is 1.95. The lowest BCUT2D eigenvalue weighted by Gasteiger charge is -2.35. The molecule has 4 rings (SSSR count). The minimum atomic E-state index is 0.0552. The SMILES string of the molecule is O=C1CCc2cc(OCCCC(=O)N3CCC(C(=O)N4CCCCC4)CC3)ccc2N1. The second-order valence-corrected chi connectivity index (χ2v) is 8.86. The van der Waals surface area contributed by atoms with E-state index in [0.29, 0.717) is 44.9 Å². The number of carbonyl (C=O) groups is 3. The molecule has 31 heavy (non-hydrogen) atoms. The van der Waals surface area contributed by atoms with Crippen molar-refractivity contribution < 1.29 is 19.1 Å². The molecule has 0 aliphatic carbocycles. The van der Waals surface area contributed by atoms with E-state index >= 15 is 0 Å². The Morgan fingerprint density at radius 1 is 1.00 bits per heavy atom. The van der Waals surface area contributed by atoms with Crippen LogP contribution in [0.3, 0.4) is 0 Å². The average Bonchev–Trinajstić information content (AvgIpc) is 2.82. The van der Waals surface area contributed by atoms with Crippen LogP contribution in [-0.2, 0) is 20.8 Å². The number of piperidine rings is 2. The highest BCUT2D eigenvalue weighted by molar-refractivity contribution is 5.94. The summed E-state index contributed by atoms with van der Waals surface area (Å²) in [5, 5.41) is 2.87. The van der Waals surface area contributed by atoms with Gasteiger partial charge in [-0.05, 0) is 68.7 Å². The first-order chi connectivity index (χ1) is 15.1.